The third-order valence-electron chi connectivity index (χ3n) is 6.63. The average molecular weight is 479 g/mol. The van der Waals surface area contributed by atoms with Crippen molar-refractivity contribution in [2.45, 2.75) is 6.92 Å². The number of H-pyrrole nitrogens is 1. The Morgan fingerprint density at radius 3 is 2.14 bits per heavy atom. The molecular formula is C31H22N6. The predicted octanol–water partition coefficient (Wildman–Crippen LogP) is 7.00. The highest BCUT2D eigenvalue weighted by atomic mass is 15.3. The quantitative estimate of drug-likeness (QED) is 0.296. The summed E-state index contributed by atoms with van der Waals surface area (Å²) in [6.45, 7) is 2.04. The summed E-state index contributed by atoms with van der Waals surface area (Å²) in [4.78, 5) is 18.2. The lowest BCUT2D eigenvalue weighted by Crippen LogP contribution is -2.01. The van der Waals surface area contributed by atoms with Gasteiger partial charge in [-0.25, -0.2) is 14.6 Å². The lowest BCUT2D eigenvalue weighted by Gasteiger charge is -2.16. The standard InChI is InChI=1S/C31H22N6/c1-20-26-27(21-16-18-32-19-17-21)28(30-33-24-14-8-9-15-25(24)34-30)29(22-10-4-2-5-11-22)35-31(26)37(36-20)23-12-6-3-7-13-23/h2-19H,1H3,(H,33,34). The van der Waals surface area contributed by atoms with Crippen molar-refractivity contribution in [3.63, 3.8) is 0 Å². The number of nitrogens with zero attached hydrogens (tertiary/aromatic N) is 5. The van der Waals surface area contributed by atoms with Crippen LogP contribution >= 0.6 is 0 Å². The van der Waals surface area contributed by atoms with Crippen molar-refractivity contribution in [2.75, 3.05) is 0 Å². The van der Waals surface area contributed by atoms with Gasteiger partial charge in [0.2, 0.25) is 0 Å². The molecule has 6 heteroatoms. The lowest BCUT2D eigenvalue weighted by molar-refractivity contribution is 0.878. The number of benzene rings is 3. The van der Waals surface area contributed by atoms with Crippen LogP contribution in [0, 0.1) is 6.92 Å². The molecule has 0 unspecified atom stereocenters. The van der Waals surface area contributed by atoms with Crippen molar-refractivity contribution in [1.29, 1.82) is 0 Å². The SMILES string of the molecule is Cc1nn(-c2ccccc2)c2nc(-c3ccccc3)c(-c3nc4ccccc4[nH]3)c(-c3ccncc3)c12. The summed E-state index contributed by atoms with van der Waals surface area (Å²) in [7, 11) is 0. The second-order valence-corrected chi connectivity index (χ2v) is 8.95. The second-order valence-electron chi connectivity index (χ2n) is 8.95. The van der Waals surface area contributed by atoms with Gasteiger partial charge in [-0.05, 0) is 48.9 Å². The maximum Gasteiger partial charge on any atom is 0.164 e. The first-order valence-corrected chi connectivity index (χ1v) is 12.2. The first-order chi connectivity index (χ1) is 18.3. The van der Waals surface area contributed by atoms with Crippen molar-refractivity contribution >= 4 is 22.1 Å². The van der Waals surface area contributed by atoms with Gasteiger partial charge in [-0.1, -0.05) is 60.7 Å². The molecule has 0 radical (unpaired) electrons. The molecule has 0 amide bonds. The molecule has 0 aliphatic heterocycles. The Kier molecular flexibility index (Phi) is 4.89. The molecule has 176 valence electrons. The van der Waals surface area contributed by atoms with Gasteiger partial charge in [0.25, 0.3) is 0 Å². The van der Waals surface area contributed by atoms with Gasteiger partial charge in [0.1, 0.15) is 5.82 Å². The second kappa shape index (κ2) is 8.53. The van der Waals surface area contributed by atoms with E-state index in [1.54, 1.807) is 0 Å². The number of rotatable bonds is 4. The Balaban J connectivity index is 1.67. The van der Waals surface area contributed by atoms with Crippen LogP contribution in [0.1, 0.15) is 5.69 Å². The summed E-state index contributed by atoms with van der Waals surface area (Å²) in [5.74, 6) is 0.771. The number of aromatic nitrogens is 6. The van der Waals surface area contributed by atoms with Gasteiger partial charge in [0.05, 0.1) is 39.1 Å². The van der Waals surface area contributed by atoms with E-state index in [1.807, 2.05) is 96.8 Å². The van der Waals surface area contributed by atoms with Crippen molar-refractivity contribution < 1.29 is 0 Å². The summed E-state index contributed by atoms with van der Waals surface area (Å²) in [6, 6.07) is 32.6. The number of para-hydroxylation sites is 3. The van der Waals surface area contributed by atoms with Crippen LogP contribution in [0.2, 0.25) is 0 Å². The lowest BCUT2D eigenvalue weighted by atomic mass is 9.92. The van der Waals surface area contributed by atoms with Gasteiger partial charge < -0.3 is 4.98 Å². The molecule has 0 saturated heterocycles. The van der Waals surface area contributed by atoms with Gasteiger partial charge in [0.15, 0.2) is 5.65 Å². The monoisotopic (exact) mass is 478 g/mol. The Hall–Kier alpha value is -5.10. The first kappa shape index (κ1) is 21.2. The molecule has 0 spiro atoms. The van der Waals surface area contributed by atoms with Crippen LogP contribution in [0.15, 0.2) is 109 Å². The number of hydrogen-bond donors (Lipinski definition) is 1. The Labute approximate surface area is 213 Å². The van der Waals surface area contributed by atoms with Crippen LogP contribution in [0.5, 0.6) is 0 Å². The number of aromatic amines is 1. The van der Waals surface area contributed by atoms with Crippen LogP contribution in [-0.4, -0.2) is 29.7 Å². The van der Waals surface area contributed by atoms with E-state index in [0.717, 1.165) is 67.2 Å². The van der Waals surface area contributed by atoms with E-state index in [4.69, 9.17) is 15.1 Å². The minimum Gasteiger partial charge on any atom is -0.338 e. The largest absolute Gasteiger partial charge is 0.338 e. The third-order valence-corrected chi connectivity index (χ3v) is 6.63. The van der Waals surface area contributed by atoms with Gasteiger partial charge in [-0.3, -0.25) is 4.98 Å². The van der Waals surface area contributed by atoms with Crippen molar-refractivity contribution in [2.24, 2.45) is 0 Å². The van der Waals surface area contributed by atoms with E-state index in [9.17, 15) is 0 Å². The number of fused-ring (bicyclic) bond motifs is 2. The minimum atomic E-state index is 0.771. The fourth-order valence-corrected chi connectivity index (χ4v) is 4.98. The van der Waals surface area contributed by atoms with E-state index in [2.05, 4.69) is 34.2 Å². The van der Waals surface area contributed by atoms with Gasteiger partial charge >= 0.3 is 0 Å². The highest BCUT2D eigenvalue weighted by molar-refractivity contribution is 6.07. The molecular weight excluding hydrogens is 456 g/mol. The van der Waals surface area contributed by atoms with Crippen LogP contribution in [-0.2, 0) is 0 Å². The smallest absolute Gasteiger partial charge is 0.164 e. The zero-order valence-corrected chi connectivity index (χ0v) is 20.1. The molecule has 6 nitrogen and oxygen atoms in total. The molecule has 1 N–H and O–H groups in total. The number of imidazole rings is 1. The molecule has 3 aromatic carbocycles. The van der Waals surface area contributed by atoms with E-state index in [1.165, 1.54) is 0 Å². The minimum absolute atomic E-state index is 0.771. The number of aryl methyl sites for hydroxylation is 1. The molecule has 4 heterocycles. The van der Waals surface area contributed by atoms with Gasteiger partial charge in [-0.2, -0.15) is 5.10 Å². The molecule has 7 aromatic rings. The number of hydrogen-bond acceptors (Lipinski definition) is 4. The molecule has 0 fully saturated rings. The number of nitrogens with one attached hydrogen (secondary N) is 1. The Morgan fingerprint density at radius 2 is 1.38 bits per heavy atom. The topological polar surface area (TPSA) is 72.3 Å². The van der Waals surface area contributed by atoms with Crippen LogP contribution < -0.4 is 0 Å². The normalized spacial score (nSPS) is 11.4. The molecule has 7 rings (SSSR count). The predicted molar refractivity (Wildman–Crippen MR) is 147 cm³/mol. The molecule has 0 saturated carbocycles. The summed E-state index contributed by atoms with van der Waals surface area (Å²) >= 11 is 0. The van der Waals surface area contributed by atoms with E-state index in [-0.39, 0.29) is 0 Å². The third kappa shape index (κ3) is 3.50. The van der Waals surface area contributed by atoms with Crippen molar-refractivity contribution in [3.05, 3.63) is 115 Å². The molecule has 0 bridgehead atoms. The maximum atomic E-state index is 5.30. The van der Waals surface area contributed by atoms with Crippen LogP contribution in [0.3, 0.4) is 0 Å². The molecule has 0 aliphatic rings. The fraction of sp³-hybridized carbons (Fsp3) is 0.0323. The first-order valence-electron chi connectivity index (χ1n) is 12.2. The molecule has 0 aliphatic carbocycles. The van der Waals surface area contributed by atoms with Crippen molar-refractivity contribution in [3.8, 4) is 39.5 Å². The zero-order valence-electron chi connectivity index (χ0n) is 20.1. The fourth-order valence-electron chi connectivity index (χ4n) is 4.98. The highest BCUT2D eigenvalue weighted by Crippen LogP contribution is 2.43. The van der Waals surface area contributed by atoms with E-state index in [0.29, 0.717) is 0 Å². The summed E-state index contributed by atoms with van der Waals surface area (Å²) in [5, 5.41) is 5.96. The average Bonchev–Trinajstić information content (AvgIpc) is 3.54. The highest BCUT2D eigenvalue weighted by Gasteiger charge is 2.26. The Bertz CT molecular complexity index is 1840. The van der Waals surface area contributed by atoms with E-state index >= 15 is 0 Å². The zero-order chi connectivity index (χ0) is 24.8. The van der Waals surface area contributed by atoms with Crippen LogP contribution in [0.4, 0.5) is 0 Å². The summed E-state index contributed by atoms with van der Waals surface area (Å²) < 4.78 is 1.93. The summed E-state index contributed by atoms with van der Waals surface area (Å²) in [5.41, 5.74) is 9.41. The molecule has 37 heavy (non-hydrogen) atoms. The van der Waals surface area contributed by atoms with Crippen molar-refractivity contribution in [1.82, 2.24) is 29.7 Å². The maximum absolute atomic E-state index is 5.30. The molecule has 0 atom stereocenters. The summed E-state index contributed by atoms with van der Waals surface area (Å²) in [6.07, 6.45) is 3.65. The molecule has 4 aromatic heterocycles. The van der Waals surface area contributed by atoms with Gasteiger partial charge in [0, 0.05) is 23.5 Å². The Morgan fingerprint density at radius 1 is 0.676 bits per heavy atom. The van der Waals surface area contributed by atoms with Gasteiger partial charge in [-0.15, -0.1) is 0 Å². The van der Waals surface area contributed by atoms with E-state index < -0.39 is 0 Å². The van der Waals surface area contributed by atoms with Crippen LogP contribution in [0.25, 0.3) is 61.5 Å². The number of pyridine rings is 2.